The summed E-state index contributed by atoms with van der Waals surface area (Å²) < 4.78 is 41.8. The lowest BCUT2D eigenvalue weighted by molar-refractivity contribution is -0.153. The van der Waals surface area contributed by atoms with Gasteiger partial charge in [-0.25, -0.2) is 4.98 Å². The lowest BCUT2D eigenvalue weighted by Crippen LogP contribution is -2.28. The van der Waals surface area contributed by atoms with Crippen LogP contribution in [0.5, 0.6) is 5.75 Å². The van der Waals surface area contributed by atoms with Gasteiger partial charge in [-0.1, -0.05) is 24.4 Å². The van der Waals surface area contributed by atoms with E-state index < -0.39 is 24.7 Å². The second kappa shape index (κ2) is 8.82. The molecule has 0 aliphatic heterocycles. The second-order valence-corrected chi connectivity index (χ2v) is 7.33. The Balaban J connectivity index is 1.67. The molecule has 1 aliphatic rings. The summed E-state index contributed by atoms with van der Waals surface area (Å²) in [7, 11) is 0. The number of anilines is 1. The molecule has 1 atom stereocenters. The van der Waals surface area contributed by atoms with Crippen molar-refractivity contribution in [2.45, 2.75) is 32.0 Å². The lowest BCUT2D eigenvalue weighted by Gasteiger charge is -2.16. The molecule has 2 amide bonds. The monoisotopic (exact) mass is 440 g/mol. The van der Waals surface area contributed by atoms with Crippen LogP contribution in [0.15, 0.2) is 30.3 Å². The van der Waals surface area contributed by atoms with E-state index in [1.54, 1.807) is 13.0 Å². The third-order valence-electron chi connectivity index (χ3n) is 4.29. The maximum Gasteiger partial charge on any atom is 0.422 e. The highest BCUT2D eigenvalue weighted by Crippen LogP contribution is 2.29. The Morgan fingerprint density at radius 1 is 1.33 bits per heavy atom. The van der Waals surface area contributed by atoms with Crippen LogP contribution in [0.4, 0.5) is 19.1 Å². The van der Waals surface area contributed by atoms with E-state index in [1.165, 1.54) is 24.3 Å². The van der Waals surface area contributed by atoms with E-state index in [0.29, 0.717) is 5.56 Å². The first-order valence-electron chi connectivity index (χ1n) is 9.13. The van der Waals surface area contributed by atoms with Gasteiger partial charge < -0.3 is 15.0 Å². The van der Waals surface area contributed by atoms with E-state index in [2.05, 4.69) is 20.6 Å². The molecule has 1 aromatic heterocycles. The molecule has 2 aromatic rings. The van der Waals surface area contributed by atoms with Crippen LogP contribution >= 0.6 is 12.2 Å². The van der Waals surface area contributed by atoms with Crippen LogP contribution in [0.3, 0.4) is 0 Å². The van der Waals surface area contributed by atoms with Gasteiger partial charge in [-0.05, 0) is 37.5 Å². The summed E-state index contributed by atoms with van der Waals surface area (Å²) in [5, 5.41) is 5.32. The number of hydrogen-bond acceptors (Lipinski definition) is 5. The lowest BCUT2D eigenvalue weighted by atomic mass is 10.1. The highest BCUT2D eigenvalue weighted by Gasteiger charge is 2.30. The molecule has 30 heavy (non-hydrogen) atoms. The maximum atomic E-state index is 12.6. The SMILES string of the molecule is CC(NC(=O)c1cc(=S)nc(NC(=O)C2CC2)[nH]1)c1cccc(OCC(F)(F)F)c1. The van der Waals surface area contributed by atoms with Crippen molar-refractivity contribution in [3.63, 3.8) is 0 Å². The van der Waals surface area contributed by atoms with Gasteiger partial charge in [-0.3, -0.25) is 14.9 Å². The van der Waals surface area contributed by atoms with Gasteiger partial charge in [0.2, 0.25) is 11.9 Å². The number of nitrogens with one attached hydrogen (secondary N) is 3. The summed E-state index contributed by atoms with van der Waals surface area (Å²) >= 11 is 5.05. The molecule has 7 nitrogen and oxygen atoms in total. The molecule has 1 heterocycles. The van der Waals surface area contributed by atoms with Gasteiger partial charge in [0.05, 0.1) is 6.04 Å². The topological polar surface area (TPSA) is 96.1 Å². The van der Waals surface area contributed by atoms with Gasteiger partial charge in [0.1, 0.15) is 16.1 Å². The van der Waals surface area contributed by atoms with Crippen molar-refractivity contribution < 1.29 is 27.5 Å². The largest absolute Gasteiger partial charge is 0.484 e. The zero-order chi connectivity index (χ0) is 21.9. The van der Waals surface area contributed by atoms with E-state index in [9.17, 15) is 22.8 Å². The number of aromatic nitrogens is 2. The maximum absolute atomic E-state index is 12.6. The van der Waals surface area contributed by atoms with E-state index in [1.807, 2.05) is 0 Å². The van der Waals surface area contributed by atoms with Crippen LogP contribution < -0.4 is 15.4 Å². The first-order valence-corrected chi connectivity index (χ1v) is 9.54. The van der Waals surface area contributed by atoms with Gasteiger partial charge in [0.15, 0.2) is 6.61 Å². The average molecular weight is 440 g/mol. The quantitative estimate of drug-likeness (QED) is 0.567. The van der Waals surface area contributed by atoms with Crippen LogP contribution in [-0.2, 0) is 4.79 Å². The molecule has 1 fully saturated rings. The Hall–Kier alpha value is -2.95. The molecular weight excluding hydrogens is 421 g/mol. The Kier molecular flexibility index (Phi) is 6.40. The second-order valence-electron chi connectivity index (χ2n) is 6.92. The van der Waals surface area contributed by atoms with Crippen LogP contribution in [0.25, 0.3) is 0 Å². The van der Waals surface area contributed by atoms with Crippen molar-refractivity contribution in [2.24, 2.45) is 5.92 Å². The number of H-pyrrole nitrogens is 1. The van der Waals surface area contributed by atoms with E-state index in [4.69, 9.17) is 17.0 Å². The molecule has 160 valence electrons. The number of ether oxygens (including phenoxy) is 1. The minimum Gasteiger partial charge on any atom is -0.484 e. The highest BCUT2D eigenvalue weighted by atomic mass is 32.1. The molecule has 1 aromatic carbocycles. The summed E-state index contributed by atoms with van der Waals surface area (Å²) in [6, 6.07) is 6.83. The Bertz CT molecular complexity index is 1010. The number of amides is 2. The van der Waals surface area contributed by atoms with Crippen molar-refractivity contribution in [3.8, 4) is 5.75 Å². The number of carbonyl (C=O) groups excluding carboxylic acids is 2. The number of halogens is 3. The summed E-state index contributed by atoms with van der Waals surface area (Å²) in [6.07, 6.45) is -2.81. The van der Waals surface area contributed by atoms with E-state index in [-0.39, 0.29) is 33.9 Å². The summed E-state index contributed by atoms with van der Waals surface area (Å²) in [5.74, 6) is -0.619. The highest BCUT2D eigenvalue weighted by molar-refractivity contribution is 7.71. The number of carbonyl (C=O) groups is 2. The van der Waals surface area contributed by atoms with Crippen LogP contribution in [0.2, 0.25) is 0 Å². The molecule has 1 aliphatic carbocycles. The number of alkyl halides is 3. The standard InChI is InChI=1S/C19H19F3N4O3S/c1-10(12-3-2-4-13(7-12)29-9-19(20,21)22)23-17(28)14-8-15(30)25-18(24-14)26-16(27)11-5-6-11/h2-4,7-8,10-11H,5-6,9H2,1H3,(H,23,28)(H2,24,25,26,27,30). The average Bonchev–Trinajstić information content (AvgIpc) is 3.51. The molecule has 0 radical (unpaired) electrons. The number of aromatic amines is 1. The summed E-state index contributed by atoms with van der Waals surface area (Å²) in [5.41, 5.74) is 0.648. The van der Waals surface area contributed by atoms with Gasteiger partial charge >= 0.3 is 6.18 Å². The normalized spacial score (nSPS) is 14.7. The zero-order valence-electron chi connectivity index (χ0n) is 15.9. The summed E-state index contributed by atoms with van der Waals surface area (Å²) in [6.45, 7) is 0.270. The Morgan fingerprint density at radius 2 is 2.07 bits per heavy atom. The van der Waals surface area contributed by atoms with E-state index in [0.717, 1.165) is 12.8 Å². The summed E-state index contributed by atoms with van der Waals surface area (Å²) in [4.78, 5) is 31.2. The Morgan fingerprint density at radius 3 is 2.73 bits per heavy atom. The number of nitrogens with zero attached hydrogens (tertiary/aromatic N) is 1. The molecule has 1 saturated carbocycles. The van der Waals surface area contributed by atoms with Gasteiger partial charge in [-0.2, -0.15) is 13.2 Å². The third-order valence-corrected chi connectivity index (χ3v) is 4.49. The van der Waals surface area contributed by atoms with Crippen molar-refractivity contribution in [1.82, 2.24) is 15.3 Å². The minimum absolute atomic E-state index is 0.0410. The fourth-order valence-electron chi connectivity index (χ4n) is 2.60. The van der Waals surface area contributed by atoms with Crippen molar-refractivity contribution in [2.75, 3.05) is 11.9 Å². The van der Waals surface area contributed by atoms with Crippen molar-refractivity contribution in [3.05, 3.63) is 46.2 Å². The van der Waals surface area contributed by atoms with Gasteiger partial charge in [-0.15, -0.1) is 0 Å². The van der Waals surface area contributed by atoms with Crippen LogP contribution in [0, 0.1) is 10.6 Å². The van der Waals surface area contributed by atoms with Crippen molar-refractivity contribution in [1.29, 1.82) is 0 Å². The van der Waals surface area contributed by atoms with Crippen molar-refractivity contribution >= 4 is 30.0 Å². The predicted molar refractivity (Wildman–Crippen MR) is 105 cm³/mol. The third kappa shape index (κ3) is 6.28. The first-order chi connectivity index (χ1) is 14.1. The Labute approximate surface area is 175 Å². The number of hydrogen-bond donors (Lipinski definition) is 3. The van der Waals surface area contributed by atoms with Gasteiger partial charge in [0, 0.05) is 12.0 Å². The molecule has 0 spiro atoms. The molecule has 0 bridgehead atoms. The van der Waals surface area contributed by atoms with Crippen LogP contribution in [-0.4, -0.2) is 34.6 Å². The predicted octanol–water partition coefficient (Wildman–Crippen LogP) is 3.92. The number of benzene rings is 1. The fraction of sp³-hybridized carbons (Fsp3) is 0.368. The van der Waals surface area contributed by atoms with E-state index >= 15 is 0 Å². The van der Waals surface area contributed by atoms with Gasteiger partial charge in [0.25, 0.3) is 5.91 Å². The molecule has 3 rings (SSSR count). The zero-order valence-corrected chi connectivity index (χ0v) is 16.7. The molecule has 0 saturated heterocycles. The molecular formula is C19H19F3N4O3S. The molecule has 3 N–H and O–H groups in total. The fourth-order valence-corrected chi connectivity index (χ4v) is 2.81. The molecule has 1 unspecified atom stereocenters. The molecule has 11 heteroatoms. The number of rotatable bonds is 7. The first kappa shape index (κ1) is 21.8. The van der Waals surface area contributed by atoms with Crippen LogP contribution in [0.1, 0.15) is 41.9 Å². The minimum atomic E-state index is -4.44. The smallest absolute Gasteiger partial charge is 0.422 e.